The lowest BCUT2D eigenvalue weighted by molar-refractivity contribution is 0.262. The van der Waals surface area contributed by atoms with Crippen molar-refractivity contribution in [1.29, 1.82) is 0 Å². The highest BCUT2D eigenvalue weighted by Gasteiger charge is 2.06. The number of hydrogen-bond acceptors (Lipinski definition) is 4. The molecule has 0 aliphatic heterocycles. The van der Waals surface area contributed by atoms with E-state index in [2.05, 4.69) is 20.7 Å². The van der Waals surface area contributed by atoms with E-state index in [4.69, 9.17) is 0 Å². The van der Waals surface area contributed by atoms with Gasteiger partial charge in [0.15, 0.2) is 5.82 Å². The monoisotopic (exact) mass is 295 g/mol. The van der Waals surface area contributed by atoms with E-state index in [0.717, 1.165) is 0 Å². The van der Waals surface area contributed by atoms with E-state index in [1.54, 1.807) is 29.2 Å². The van der Waals surface area contributed by atoms with Gasteiger partial charge >= 0.3 is 6.03 Å². The van der Waals surface area contributed by atoms with Gasteiger partial charge in [0.05, 0.1) is 18.1 Å². The van der Waals surface area contributed by atoms with Gasteiger partial charge in [-0.25, -0.2) is 14.5 Å². The molecule has 0 bridgehead atoms. The van der Waals surface area contributed by atoms with Gasteiger partial charge in [-0.15, -0.1) is 0 Å². The van der Waals surface area contributed by atoms with Crippen molar-refractivity contribution in [3.63, 3.8) is 0 Å². The molecule has 0 atom stereocenters. The van der Waals surface area contributed by atoms with Gasteiger partial charge in [0.25, 0.3) is 0 Å². The Morgan fingerprint density at radius 3 is 2.55 bits per heavy atom. The molecule has 7 heteroatoms. The van der Waals surface area contributed by atoms with Gasteiger partial charge in [-0.3, -0.25) is 0 Å². The summed E-state index contributed by atoms with van der Waals surface area (Å²) in [5.74, 6) is 0.803. The van der Waals surface area contributed by atoms with Crippen LogP contribution in [0.15, 0.2) is 61.1 Å². The summed E-state index contributed by atoms with van der Waals surface area (Å²) in [4.78, 5) is 16.0. The first kappa shape index (κ1) is 13.6. The number of phenols is 1. The molecule has 2 amide bonds. The normalized spacial score (nSPS) is 10.2. The fraction of sp³-hybridized carbons (Fsp3) is 0. The molecule has 0 fully saturated rings. The molecule has 2 heterocycles. The van der Waals surface area contributed by atoms with Crippen molar-refractivity contribution < 1.29 is 9.90 Å². The second-order valence-corrected chi connectivity index (χ2v) is 4.49. The second kappa shape index (κ2) is 5.96. The number of amides is 2. The third-order valence-electron chi connectivity index (χ3n) is 2.85. The van der Waals surface area contributed by atoms with Crippen LogP contribution in [0.25, 0.3) is 5.82 Å². The number of phenolic OH excluding ortho intramolecular Hbond substituents is 1. The predicted octanol–water partition coefficient (Wildman–Crippen LogP) is 2.62. The maximum Gasteiger partial charge on any atom is 0.323 e. The molecule has 0 saturated heterocycles. The number of aromatic hydroxyl groups is 1. The molecule has 0 radical (unpaired) electrons. The number of carbonyl (C=O) groups is 1. The summed E-state index contributed by atoms with van der Waals surface area (Å²) in [6.45, 7) is 0. The summed E-state index contributed by atoms with van der Waals surface area (Å²) >= 11 is 0. The molecule has 3 aromatic rings. The third-order valence-corrected chi connectivity index (χ3v) is 2.85. The minimum absolute atomic E-state index is 0.141. The highest BCUT2D eigenvalue weighted by Crippen LogP contribution is 2.14. The number of rotatable bonds is 3. The Balaban J connectivity index is 1.65. The highest BCUT2D eigenvalue weighted by atomic mass is 16.3. The molecule has 3 N–H and O–H groups in total. The van der Waals surface area contributed by atoms with Gasteiger partial charge in [0.2, 0.25) is 0 Å². The van der Waals surface area contributed by atoms with Crippen LogP contribution in [0.5, 0.6) is 5.75 Å². The Morgan fingerprint density at radius 2 is 1.82 bits per heavy atom. The topological polar surface area (TPSA) is 92.1 Å². The molecule has 0 aliphatic carbocycles. The number of aromatic nitrogens is 3. The zero-order valence-corrected chi connectivity index (χ0v) is 11.5. The van der Waals surface area contributed by atoms with Crippen LogP contribution in [0.2, 0.25) is 0 Å². The summed E-state index contributed by atoms with van der Waals surface area (Å²) in [7, 11) is 0. The molecule has 22 heavy (non-hydrogen) atoms. The average Bonchev–Trinajstić information content (AvgIpc) is 2.99. The number of pyridine rings is 1. The largest absolute Gasteiger partial charge is 0.508 e. The average molecular weight is 295 g/mol. The van der Waals surface area contributed by atoms with Gasteiger partial charge in [-0.05, 0) is 36.4 Å². The SMILES string of the molecule is O=C(Nc1ccc(O)cc1)Nc1cnn(-c2ccccn2)c1. The minimum Gasteiger partial charge on any atom is -0.508 e. The molecule has 110 valence electrons. The first-order chi connectivity index (χ1) is 10.7. The van der Waals surface area contributed by atoms with Gasteiger partial charge in [-0.2, -0.15) is 5.10 Å². The van der Waals surface area contributed by atoms with Crippen LogP contribution in [0.3, 0.4) is 0 Å². The van der Waals surface area contributed by atoms with Crippen LogP contribution in [-0.4, -0.2) is 25.9 Å². The summed E-state index contributed by atoms with van der Waals surface area (Å²) in [5, 5.41) is 18.7. The number of benzene rings is 1. The van der Waals surface area contributed by atoms with E-state index in [0.29, 0.717) is 17.2 Å². The number of nitrogens with zero attached hydrogens (tertiary/aromatic N) is 3. The second-order valence-electron chi connectivity index (χ2n) is 4.49. The van der Waals surface area contributed by atoms with Crippen molar-refractivity contribution in [3.8, 4) is 11.6 Å². The Hall–Kier alpha value is -3.35. The van der Waals surface area contributed by atoms with Crippen LogP contribution in [-0.2, 0) is 0 Å². The van der Waals surface area contributed by atoms with E-state index in [1.807, 2.05) is 18.2 Å². The van der Waals surface area contributed by atoms with Crippen LogP contribution in [0.1, 0.15) is 0 Å². The maximum absolute atomic E-state index is 11.9. The third kappa shape index (κ3) is 3.21. The first-order valence-electron chi connectivity index (χ1n) is 6.54. The zero-order valence-electron chi connectivity index (χ0n) is 11.5. The number of anilines is 2. The van der Waals surface area contributed by atoms with Crippen LogP contribution < -0.4 is 10.6 Å². The van der Waals surface area contributed by atoms with Gasteiger partial charge in [0, 0.05) is 11.9 Å². The Bertz CT molecular complexity index is 768. The Morgan fingerprint density at radius 1 is 1.05 bits per heavy atom. The fourth-order valence-corrected chi connectivity index (χ4v) is 1.84. The summed E-state index contributed by atoms with van der Waals surface area (Å²) in [6, 6.07) is 11.3. The quantitative estimate of drug-likeness (QED) is 0.648. The lowest BCUT2D eigenvalue weighted by Crippen LogP contribution is -2.18. The number of urea groups is 1. The van der Waals surface area contributed by atoms with Crippen molar-refractivity contribution in [2.45, 2.75) is 0 Å². The predicted molar refractivity (Wildman–Crippen MR) is 82.1 cm³/mol. The molecule has 1 aromatic carbocycles. The van der Waals surface area contributed by atoms with Crippen molar-refractivity contribution in [3.05, 3.63) is 61.1 Å². The van der Waals surface area contributed by atoms with Gasteiger partial charge in [-0.1, -0.05) is 6.07 Å². The number of hydrogen-bond donors (Lipinski definition) is 3. The Kier molecular flexibility index (Phi) is 3.69. The van der Waals surface area contributed by atoms with Crippen LogP contribution in [0.4, 0.5) is 16.2 Å². The minimum atomic E-state index is -0.397. The molecular weight excluding hydrogens is 282 g/mol. The van der Waals surface area contributed by atoms with Crippen LogP contribution >= 0.6 is 0 Å². The maximum atomic E-state index is 11.9. The summed E-state index contributed by atoms with van der Waals surface area (Å²) in [5.41, 5.74) is 1.12. The molecule has 0 spiro atoms. The molecular formula is C15H13N5O2. The molecule has 2 aromatic heterocycles. The lowest BCUT2D eigenvalue weighted by atomic mass is 10.3. The smallest absolute Gasteiger partial charge is 0.323 e. The number of nitrogens with one attached hydrogen (secondary N) is 2. The molecule has 7 nitrogen and oxygen atoms in total. The standard InChI is InChI=1S/C15H13N5O2/c21-13-6-4-11(5-7-13)18-15(22)19-12-9-17-20(10-12)14-3-1-2-8-16-14/h1-10,21H,(H2,18,19,22). The van der Waals surface area contributed by atoms with Crippen molar-refractivity contribution in [1.82, 2.24) is 14.8 Å². The summed E-state index contributed by atoms with van der Waals surface area (Å²) < 4.78 is 1.57. The van der Waals surface area contributed by atoms with E-state index < -0.39 is 6.03 Å². The van der Waals surface area contributed by atoms with Crippen molar-refractivity contribution in [2.24, 2.45) is 0 Å². The lowest BCUT2D eigenvalue weighted by Gasteiger charge is -2.05. The molecule has 0 unspecified atom stereocenters. The van der Waals surface area contributed by atoms with E-state index in [-0.39, 0.29) is 5.75 Å². The van der Waals surface area contributed by atoms with Crippen molar-refractivity contribution in [2.75, 3.05) is 10.6 Å². The molecule has 0 aliphatic rings. The van der Waals surface area contributed by atoms with E-state index in [1.165, 1.54) is 18.3 Å². The first-order valence-corrected chi connectivity index (χ1v) is 6.54. The molecule has 0 saturated carbocycles. The number of carbonyl (C=O) groups excluding carboxylic acids is 1. The highest BCUT2D eigenvalue weighted by molar-refractivity contribution is 5.99. The van der Waals surface area contributed by atoms with Crippen LogP contribution in [0, 0.1) is 0 Å². The van der Waals surface area contributed by atoms with Crippen molar-refractivity contribution >= 4 is 17.4 Å². The van der Waals surface area contributed by atoms with Gasteiger partial charge < -0.3 is 15.7 Å². The van der Waals surface area contributed by atoms with E-state index >= 15 is 0 Å². The Labute approximate surface area is 126 Å². The van der Waals surface area contributed by atoms with E-state index in [9.17, 15) is 9.90 Å². The molecule has 3 rings (SSSR count). The zero-order chi connectivity index (χ0) is 15.4. The van der Waals surface area contributed by atoms with Gasteiger partial charge in [0.1, 0.15) is 5.75 Å². The fourth-order valence-electron chi connectivity index (χ4n) is 1.84. The summed E-state index contributed by atoms with van der Waals surface area (Å²) in [6.07, 6.45) is 4.87.